The lowest BCUT2D eigenvalue weighted by molar-refractivity contribution is 0.319. The van der Waals surface area contributed by atoms with Crippen LogP contribution in [0.1, 0.15) is 18.1 Å². The second kappa shape index (κ2) is 3.72. The molecule has 0 aliphatic carbocycles. The summed E-state index contributed by atoms with van der Waals surface area (Å²) in [5, 5.41) is 11.7. The summed E-state index contributed by atoms with van der Waals surface area (Å²) in [6.07, 6.45) is 0. The van der Waals surface area contributed by atoms with Crippen LogP contribution in [0.2, 0.25) is 0 Å². The minimum atomic E-state index is 0.613. The number of nitrogens with zero attached hydrogens (tertiary/aromatic N) is 1. The van der Waals surface area contributed by atoms with Gasteiger partial charge in [-0.15, -0.1) is 0 Å². The van der Waals surface area contributed by atoms with Crippen molar-refractivity contribution in [2.75, 3.05) is 0 Å². The van der Waals surface area contributed by atoms with Crippen LogP contribution >= 0.6 is 15.9 Å². The molecule has 0 amide bonds. The second-order valence-electron chi connectivity index (χ2n) is 2.67. The lowest BCUT2D eigenvalue weighted by Crippen LogP contribution is -1.95. The third kappa shape index (κ3) is 1.85. The molecule has 1 N–H and O–H groups in total. The first-order valence-corrected chi connectivity index (χ1v) is 4.39. The van der Waals surface area contributed by atoms with Gasteiger partial charge in [0.15, 0.2) is 0 Å². The van der Waals surface area contributed by atoms with Crippen molar-refractivity contribution < 1.29 is 5.21 Å². The van der Waals surface area contributed by atoms with E-state index in [1.807, 2.05) is 25.1 Å². The smallest absolute Gasteiger partial charge is 0.0848 e. The van der Waals surface area contributed by atoms with Crippen molar-refractivity contribution in [3.05, 3.63) is 33.8 Å². The van der Waals surface area contributed by atoms with Gasteiger partial charge < -0.3 is 5.21 Å². The van der Waals surface area contributed by atoms with Crippen LogP contribution in [0.3, 0.4) is 0 Å². The Balaban J connectivity index is 3.18. The van der Waals surface area contributed by atoms with Gasteiger partial charge in [-0.2, -0.15) is 0 Å². The molecule has 0 aromatic heterocycles. The molecule has 12 heavy (non-hydrogen) atoms. The zero-order valence-electron chi connectivity index (χ0n) is 7.00. The quantitative estimate of drug-likeness (QED) is 0.447. The van der Waals surface area contributed by atoms with Crippen LogP contribution in [-0.4, -0.2) is 10.9 Å². The van der Waals surface area contributed by atoms with E-state index in [2.05, 4.69) is 21.1 Å². The summed E-state index contributed by atoms with van der Waals surface area (Å²) >= 11 is 3.40. The SMILES string of the molecule is C/C(=N\O)c1ccc(C)cc1Br. The average molecular weight is 228 g/mol. The van der Waals surface area contributed by atoms with Crippen molar-refractivity contribution in [2.24, 2.45) is 5.16 Å². The summed E-state index contributed by atoms with van der Waals surface area (Å²) in [6.45, 7) is 3.77. The molecule has 0 saturated carbocycles. The summed E-state index contributed by atoms with van der Waals surface area (Å²) in [7, 11) is 0. The largest absolute Gasteiger partial charge is 0.411 e. The molecule has 1 rings (SSSR count). The fraction of sp³-hybridized carbons (Fsp3) is 0.222. The Morgan fingerprint density at radius 3 is 2.67 bits per heavy atom. The fourth-order valence-electron chi connectivity index (χ4n) is 0.967. The Bertz CT molecular complexity index is 320. The van der Waals surface area contributed by atoms with Crippen molar-refractivity contribution in [2.45, 2.75) is 13.8 Å². The molecule has 0 heterocycles. The molecular formula is C9H10BrNO. The van der Waals surface area contributed by atoms with Gasteiger partial charge in [0.1, 0.15) is 0 Å². The molecule has 3 heteroatoms. The highest BCUT2D eigenvalue weighted by Gasteiger charge is 2.02. The van der Waals surface area contributed by atoms with Gasteiger partial charge in [-0.3, -0.25) is 0 Å². The Morgan fingerprint density at radius 2 is 2.17 bits per heavy atom. The highest BCUT2D eigenvalue weighted by molar-refractivity contribution is 9.10. The van der Waals surface area contributed by atoms with Crippen molar-refractivity contribution in [1.29, 1.82) is 0 Å². The molecule has 0 radical (unpaired) electrons. The highest BCUT2D eigenvalue weighted by atomic mass is 79.9. The molecular weight excluding hydrogens is 218 g/mol. The number of oxime groups is 1. The normalized spacial score (nSPS) is 11.8. The molecule has 0 spiro atoms. The van der Waals surface area contributed by atoms with Crippen LogP contribution in [0.5, 0.6) is 0 Å². The minimum absolute atomic E-state index is 0.613. The number of hydrogen-bond donors (Lipinski definition) is 1. The van der Waals surface area contributed by atoms with Crippen molar-refractivity contribution in [1.82, 2.24) is 0 Å². The predicted octanol–water partition coefficient (Wildman–Crippen LogP) is 2.96. The maximum Gasteiger partial charge on any atom is 0.0848 e. The minimum Gasteiger partial charge on any atom is -0.411 e. The summed E-state index contributed by atoms with van der Waals surface area (Å²) in [6, 6.07) is 5.90. The van der Waals surface area contributed by atoms with Crippen LogP contribution in [-0.2, 0) is 0 Å². The average Bonchev–Trinajstić information content (AvgIpc) is 2.03. The lowest BCUT2D eigenvalue weighted by Gasteiger charge is -2.02. The Morgan fingerprint density at radius 1 is 1.50 bits per heavy atom. The van der Waals surface area contributed by atoms with E-state index >= 15 is 0 Å². The molecule has 0 aliphatic rings. The van der Waals surface area contributed by atoms with Gasteiger partial charge in [0.05, 0.1) is 5.71 Å². The van der Waals surface area contributed by atoms with Gasteiger partial charge >= 0.3 is 0 Å². The zero-order valence-corrected chi connectivity index (χ0v) is 8.59. The first kappa shape index (κ1) is 9.26. The van der Waals surface area contributed by atoms with E-state index in [1.54, 1.807) is 6.92 Å². The fourth-order valence-corrected chi connectivity index (χ4v) is 1.75. The third-order valence-corrected chi connectivity index (χ3v) is 2.32. The topological polar surface area (TPSA) is 32.6 Å². The number of aryl methyl sites for hydroxylation is 1. The molecule has 64 valence electrons. The summed E-state index contributed by atoms with van der Waals surface area (Å²) in [5.41, 5.74) is 2.71. The molecule has 2 nitrogen and oxygen atoms in total. The molecule has 0 aliphatic heterocycles. The standard InChI is InChI=1S/C9H10BrNO/c1-6-3-4-8(7(2)11-12)9(10)5-6/h3-5,12H,1-2H3/b11-7+. The molecule has 0 atom stereocenters. The molecule has 0 saturated heterocycles. The van der Waals surface area contributed by atoms with Crippen LogP contribution < -0.4 is 0 Å². The van der Waals surface area contributed by atoms with Gasteiger partial charge in [0, 0.05) is 10.0 Å². The number of rotatable bonds is 1. The molecule has 1 aromatic carbocycles. The maximum absolute atomic E-state index is 8.55. The molecule has 0 unspecified atom stereocenters. The van der Waals surface area contributed by atoms with Gasteiger partial charge in [0.2, 0.25) is 0 Å². The summed E-state index contributed by atoms with van der Waals surface area (Å²) < 4.78 is 0.956. The van der Waals surface area contributed by atoms with E-state index in [9.17, 15) is 0 Å². The van der Waals surface area contributed by atoms with Crippen molar-refractivity contribution >= 4 is 21.6 Å². The second-order valence-corrected chi connectivity index (χ2v) is 3.52. The molecule has 0 bridgehead atoms. The Hall–Kier alpha value is -0.830. The first-order valence-electron chi connectivity index (χ1n) is 3.60. The van der Waals surface area contributed by atoms with Crippen LogP contribution in [0.15, 0.2) is 27.8 Å². The van der Waals surface area contributed by atoms with Crippen LogP contribution in [0, 0.1) is 6.92 Å². The van der Waals surface area contributed by atoms with Gasteiger partial charge in [0.25, 0.3) is 0 Å². The van der Waals surface area contributed by atoms with Crippen molar-refractivity contribution in [3.63, 3.8) is 0 Å². The Kier molecular flexibility index (Phi) is 2.87. The van der Waals surface area contributed by atoms with Crippen molar-refractivity contribution in [3.8, 4) is 0 Å². The molecule has 0 fully saturated rings. The van der Waals surface area contributed by atoms with Crippen LogP contribution in [0.25, 0.3) is 0 Å². The number of benzene rings is 1. The zero-order chi connectivity index (χ0) is 9.14. The van der Waals surface area contributed by atoms with E-state index in [0.717, 1.165) is 10.0 Å². The maximum atomic E-state index is 8.55. The van der Waals surface area contributed by atoms with E-state index < -0.39 is 0 Å². The van der Waals surface area contributed by atoms with Gasteiger partial charge in [-0.05, 0) is 25.5 Å². The van der Waals surface area contributed by atoms with E-state index in [-0.39, 0.29) is 0 Å². The summed E-state index contributed by atoms with van der Waals surface area (Å²) in [4.78, 5) is 0. The number of hydrogen-bond acceptors (Lipinski definition) is 2. The number of halogens is 1. The summed E-state index contributed by atoms with van der Waals surface area (Å²) in [5.74, 6) is 0. The monoisotopic (exact) mass is 227 g/mol. The van der Waals surface area contributed by atoms with E-state index in [0.29, 0.717) is 5.71 Å². The highest BCUT2D eigenvalue weighted by Crippen LogP contribution is 2.18. The molecule has 1 aromatic rings. The Labute approximate surface area is 80.0 Å². The van der Waals surface area contributed by atoms with E-state index in [1.165, 1.54) is 5.56 Å². The first-order chi connectivity index (χ1) is 5.65. The van der Waals surface area contributed by atoms with Gasteiger partial charge in [-0.1, -0.05) is 33.2 Å². The predicted molar refractivity (Wildman–Crippen MR) is 52.9 cm³/mol. The van der Waals surface area contributed by atoms with E-state index in [4.69, 9.17) is 5.21 Å². The lowest BCUT2D eigenvalue weighted by atomic mass is 10.1. The van der Waals surface area contributed by atoms with Crippen LogP contribution in [0.4, 0.5) is 0 Å². The van der Waals surface area contributed by atoms with Gasteiger partial charge in [-0.25, -0.2) is 0 Å². The third-order valence-electron chi connectivity index (χ3n) is 1.66.